The van der Waals surface area contributed by atoms with E-state index < -0.39 is 17.7 Å². The summed E-state index contributed by atoms with van der Waals surface area (Å²) in [5, 5.41) is 23.6. The molecule has 2 aromatic carbocycles. The molecule has 0 aliphatic carbocycles. The third kappa shape index (κ3) is 7.01. The molecule has 142 valence electrons. The summed E-state index contributed by atoms with van der Waals surface area (Å²) in [5.74, 6) is -1.94. The maximum Gasteiger partial charge on any atom is 0.266 e. The molecule has 0 saturated heterocycles. The number of nitriles is 2. The van der Waals surface area contributed by atoms with Crippen molar-refractivity contribution in [3.8, 4) is 12.1 Å². The van der Waals surface area contributed by atoms with E-state index in [1.165, 1.54) is 30.4 Å². The Hall–Kier alpha value is -4.42. The molecule has 0 heterocycles. The highest BCUT2D eigenvalue weighted by Gasteiger charge is 2.13. The van der Waals surface area contributed by atoms with E-state index in [-0.39, 0.29) is 5.57 Å². The topological polar surface area (TPSA) is 106 Å². The Bertz CT molecular complexity index is 1010. The molecule has 0 bridgehead atoms. The number of carbonyl (C=O) groups excluding carboxylic acids is 2. The lowest BCUT2D eigenvalue weighted by molar-refractivity contribution is -0.117. The van der Waals surface area contributed by atoms with Gasteiger partial charge in [0.05, 0.1) is 6.07 Å². The average Bonchev–Trinajstić information content (AvgIpc) is 2.74. The first-order valence-corrected chi connectivity index (χ1v) is 8.71. The summed E-state index contributed by atoms with van der Waals surface area (Å²) < 4.78 is 0. The van der Waals surface area contributed by atoms with Crippen molar-refractivity contribution in [3.63, 3.8) is 0 Å². The molecule has 0 aliphatic rings. The first-order chi connectivity index (χ1) is 14.1. The Morgan fingerprint density at radius 3 is 1.97 bits per heavy atom. The Balaban J connectivity index is 1.94. The van der Waals surface area contributed by atoms with Crippen LogP contribution in [0.25, 0.3) is 0 Å². The fraction of sp³-hybridized carbons (Fsp3) is 0.0435. The zero-order valence-corrected chi connectivity index (χ0v) is 15.4. The number of benzene rings is 2. The predicted molar refractivity (Wildman–Crippen MR) is 111 cm³/mol. The molecule has 2 N–H and O–H groups in total. The lowest BCUT2D eigenvalue weighted by Gasteiger charge is -2.06. The Kier molecular flexibility index (Phi) is 8.16. The summed E-state index contributed by atoms with van der Waals surface area (Å²) in [6.07, 6.45) is 7.32. The molecule has 2 aromatic rings. The maximum atomic E-state index is 12.1. The molecular formula is C23H18N4O2. The molecule has 0 saturated carbocycles. The number of amides is 2. The van der Waals surface area contributed by atoms with Crippen molar-refractivity contribution in [2.24, 2.45) is 5.92 Å². The van der Waals surface area contributed by atoms with Gasteiger partial charge in [-0.1, -0.05) is 60.7 Å². The van der Waals surface area contributed by atoms with E-state index in [0.29, 0.717) is 11.4 Å². The predicted octanol–water partition coefficient (Wildman–Crippen LogP) is 3.97. The normalized spacial score (nSPS) is 12.1. The quantitative estimate of drug-likeness (QED) is 0.429. The van der Waals surface area contributed by atoms with Gasteiger partial charge in [0.2, 0.25) is 5.91 Å². The second kappa shape index (κ2) is 11.3. The zero-order valence-electron chi connectivity index (χ0n) is 15.4. The SMILES string of the molecule is N#CC(=CC=CC=CC(C#N)C(=O)Nc1ccccc1)C(=O)Nc1ccccc1. The number of allylic oxidation sites excluding steroid dienone is 4. The summed E-state index contributed by atoms with van der Waals surface area (Å²) in [7, 11) is 0. The van der Waals surface area contributed by atoms with Gasteiger partial charge in [-0.25, -0.2) is 0 Å². The fourth-order valence-corrected chi connectivity index (χ4v) is 2.21. The molecule has 29 heavy (non-hydrogen) atoms. The van der Waals surface area contributed by atoms with E-state index in [0.717, 1.165) is 0 Å². The highest BCUT2D eigenvalue weighted by Crippen LogP contribution is 2.09. The van der Waals surface area contributed by atoms with Gasteiger partial charge in [0, 0.05) is 11.4 Å². The van der Waals surface area contributed by atoms with Crippen molar-refractivity contribution in [1.29, 1.82) is 10.5 Å². The lowest BCUT2D eigenvalue weighted by atomic mass is 10.1. The Morgan fingerprint density at radius 2 is 1.41 bits per heavy atom. The Labute approximate surface area is 169 Å². The van der Waals surface area contributed by atoms with E-state index in [9.17, 15) is 14.9 Å². The van der Waals surface area contributed by atoms with Crippen LogP contribution in [0.2, 0.25) is 0 Å². The van der Waals surface area contributed by atoms with Crippen molar-refractivity contribution in [2.75, 3.05) is 10.6 Å². The van der Waals surface area contributed by atoms with E-state index in [1.54, 1.807) is 48.5 Å². The maximum absolute atomic E-state index is 12.1. The van der Waals surface area contributed by atoms with E-state index in [2.05, 4.69) is 10.6 Å². The van der Waals surface area contributed by atoms with Crippen molar-refractivity contribution in [1.82, 2.24) is 0 Å². The van der Waals surface area contributed by atoms with Gasteiger partial charge in [-0.15, -0.1) is 0 Å². The second-order valence-corrected chi connectivity index (χ2v) is 5.74. The highest BCUT2D eigenvalue weighted by molar-refractivity contribution is 6.06. The minimum atomic E-state index is -0.972. The molecular weight excluding hydrogens is 364 g/mol. The molecule has 6 nitrogen and oxygen atoms in total. The van der Waals surface area contributed by atoms with Gasteiger partial charge in [0.25, 0.3) is 5.91 Å². The number of para-hydroxylation sites is 2. The monoisotopic (exact) mass is 382 g/mol. The van der Waals surface area contributed by atoms with Crippen LogP contribution in [0.1, 0.15) is 0 Å². The van der Waals surface area contributed by atoms with Gasteiger partial charge >= 0.3 is 0 Å². The molecule has 0 aromatic heterocycles. The van der Waals surface area contributed by atoms with Crippen LogP contribution in [0, 0.1) is 28.6 Å². The molecule has 0 spiro atoms. The third-order valence-corrected chi connectivity index (χ3v) is 3.65. The largest absolute Gasteiger partial charge is 0.325 e. The van der Waals surface area contributed by atoms with E-state index in [1.807, 2.05) is 24.3 Å². The molecule has 1 unspecified atom stereocenters. The van der Waals surface area contributed by atoms with Gasteiger partial charge in [-0.3, -0.25) is 9.59 Å². The first kappa shape index (κ1) is 20.9. The van der Waals surface area contributed by atoms with Crippen molar-refractivity contribution < 1.29 is 9.59 Å². The van der Waals surface area contributed by atoms with Gasteiger partial charge in [0.15, 0.2) is 0 Å². The molecule has 2 rings (SSSR count). The summed E-state index contributed by atoms with van der Waals surface area (Å²) in [5.41, 5.74) is 1.12. The second-order valence-electron chi connectivity index (χ2n) is 5.74. The molecule has 1 atom stereocenters. The van der Waals surface area contributed by atoms with Crippen LogP contribution in [0.5, 0.6) is 0 Å². The minimum absolute atomic E-state index is 0.0721. The van der Waals surface area contributed by atoms with Gasteiger partial charge in [0.1, 0.15) is 17.6 Å². The Morgan fingerprint density at radius 1 is 0.828 bits per heavy atom. The summed E-state index contributed by atoms with van der Waals surface area (Å²) in [6, 6.07) is 21.4. The number of hydrogen-bond acceptors (Lipinski definition) is 4. The van der Waals surface area contributed by atoms with Crippen LogP contribution in [0.4, 0.5) is 11.4 Å². The third-order valence-electron chi connectivity index (χ3n) is 3.65. The highest BCUT2D eigenvalue weighted by atomic mass is 16.2. The van der Waals surface area contributed by atoms with Crippen molar-refractivity contribution >= 4 is 23.2 Å². The van der Waals surface area contributed by atoms with Crippen LogP contribution in [0.3, 0.4) is 0 Å². The lowest BCUT2D eigenvalue weighted by Crippen LogP contribution is -2.19. The number of carbonyl (C=O) groups is 2. The summed E-state index contributed by atoms with van der Waals surface area (Å²) in [6.45, 7) is 0. The smallest absolute Gasteiger partial charge is 0.266 e. The van der Waals surface area contributed by atoms with Crippen LogP contribution >= 0.6 is 0 Å². The minimum Gasteiger partial charge on any atom is -0.325 e. The average molecular weight is 382 g/mol. The van der Waals surface area contributed by atoms with Crippen LogP contribution in [-0.2, 0) is 9.59 Å². The van der Waals surface area contributed by atoms with Crippen molar-refractivity contribution in [2.45, 2.75) is 0 Å². The van der Waals surface area contributed by atoms with Crippen LogP contribution in [0.15, 0.2) is 96.6 Å². The first-order valence-electron chi connectivity index (χ1n) is 8.71. The van der Waals surface area contributed by atoms with Crippen LogP contribution in [-0.4, -0.2) is 11.8 Å². The number of nitrogens with one attached hydrogen (secondary N) is 2. The summed E-state index contributed by atoms with van der Waals surface area (Å²) >= 11 is 0. The fourth-order valence-electron chi connectivity index (χ4n) is 2.21. The molecule has 0 radical (unpaired) electrons. The van der Waals surface area contributed by atoms with E-state index in [4.69, 9.17) is 5.26 Å². The molecule has 6 heteroatoms. The molecule has 2 amide bonds. The van der Waals surface area contributed by atoms with Gasteiger partial charge in [-0.2, -0.15) is 10.5 Å². The zero-order chi connectivity index (χ0) is 20.9. The molecule has 0 aliphatic heterocycles. The molecule has 0 fully saturated rings. The number of rotatable bonds is 7. The van der Waals surface area contributed by atoms with Gasteiger partial charge in [-0.05, 0) is 30.3 Å². The van der Waals surface area contributed by atoms with E-state index >= 15 is 0 Å². The number of anilines is 2. The van der Waals surface area contributed by atoms with Crippen molar-refractivity contribution in [3.05, 3.63) is 96.6 Å². The van der Waals surface area contributed by atoms with Gasteiger partial charge < -0.3 is 10.6 Å². The van der Waals surface area contributed by atoms with Crippen LogP contribution < -0.4 is 10.6 Å². The summed E-state index contributed by atoms with van der Waals surface area (Å²) in [4.78, 5) is 24.2. The standard InChI is InChI=1S/C23H18N4O2/c24-16-18(22(28)26-20-12-6-2-7-13-20)10-4-1-5-11-19(17-25)23(29)27-21-14-8-3-9-15-21/h1-15,18H,(H,26,28)(H,27,29). The number of nitrogens with zero attached hydrogens (tertiary/aromatic N) is 2. The number of hydrogen-bond donors (Lipinski definition) is 2.